The Balaban J connectivity index is 0.000000686. The summed E-state index contributed by atoms with van der Waals surface area (Å²) in [6.45, 7) is 6.12. The van der Waals surface area contributed by atoms with Crippen molar-refractivity contribution in [2.75, 3.05) is 7.11 Å². The molecular formula is C14H18ClNO. The first-order valence-corrected chi connectivity index (χ1v) is 6.25. The van der Waals surface area contributed by atoms with Gasteiger partial charge in [-0.2, -0.15) is 0 Å². The lowest BCUT2D eigenvalue weighted by atomic mass is 10.1. The minimum absolute atomic E-state index is 0.603. The molecule has 2 rings (SSSR count). The van der Waals surface area contributed by atoms with Crippen molar-refractivity contribution < 1.29 is 4.74 Å². The van der Waals surface area contributed by atoms with Crippen LogP contribution in [0.4, 0.5) is 0 Å². The minimum Gasteiger partial charge on any atom is -0.495 e. The van der Waals surface area contributed by atoms with Crippen LogP contribution >= 0.6 is 11.6 Å². The number of aryl methyl sites for hydroxylation is 1. The predicted octanol–water partition coefficient (Wildman–Crippen LogP) is 4.49. The zero-order chi connectivity index (χ0) is 12.8. The van der Waals surface area contributed by atoms with Crippen molar-refractivity contribution in [2.24, 2.45) is 0 Å². The first-order chi connectivity index (χ1) is 8.26. The number of hydrogen-bond acceptors (Lipinski definition) is 2. The molecule has 0 N–H and O–H groups in total. The minimum atomic E-state index is 0.603. The molecule has 0 bridgehead atoms. The second-order valence-corrected chi connectivity index (χ2v) is 3.73. The fourth-order valence-corrected chi connectivity index (χ4v) is 1.90. The first-order valence-electron chi connectivity index (χ1n) is 5.87. The zero-order valence-corrected chi connectivity index (χ0v) is 11.5. The molecule has 0 aliphatic rings. The molecule has 0 spiro atoms. The molecule has 17 heavy (non-hydrogen) atoms. The monoisotopic (exact) mass is 251 g/mol. The Hall–Kier alpha value is -1.28. The maximum absolute atomic E-state index is 6.03. The van der Waals surface area contributed by atoms with E-state index in [-0.39, 0.29) is 0 Å². The highest BCUT2D eigenvalue weighted by atomic mass is 35.5. The lowest BCUT2D eigenvalue weighted by Gasteiger charge is -2.07. The third-order valence-corrected chi connectivity index (χ3v) is 2.78. The molecule has 0 fully saturated rings. The van der Waals surface area contributed by atoms with Crippen molar-refractivity contribution in [3.8, 4) is 5.75 Å². The average molecular weight is 252 g/mol. The van der Waals surface area contributed by atoms with Crippen molar-refractivity contribution in [3.05, 3.63) is 35.0 Å². The average Bonchev–Trinajstić information content (AvgIpc) is 2.39. The Labute approximate surface area is 108 Å². The van der Waals surface area contributed by atoms with Gasteiger partial charge in [-0.1, -0.05) is 32.4 Å². The quantitative estimate of drug-likeness (QED) is 0.785. The summed E-state index contributed by atoms with van der Waals surface area (Å²) < 4.78 is 5.19. The van der Waals surface area contributed by atoms with Crippen LogP contribution in [0.5, 0.6) is 5.75 Å². The van der Waals surface area contributed by atoms with Gasteiger partial charge in [0.15, 0.2) is 0 Å². The first kappa shape index (κ1) is 13.8. The zero-order valence-electron chi connectivity index (χ0n) is 10.7. The van der Waals surface area contributed by atoms with Gasteiger partial charge in [0.05, 0.1) is 17.6 Å². The number of rotatable bonds is 2. The number of fused-ring (bicyclic) bond motifs is 1. The Morgan fingerprint density at radius 3 is 2.59 bits per heavy atom. The number of aromatic nitrogens is 1. The number of methoxy groups -OCH3 is 1. The summed E-state index contributed by atoms with van der Waals surface area (Å²) in [7, 11) is 1.62. The standard InChI is InChI=1S/C12H12ClNO.C2H6/c1-3-8-4-5-14-11-7-10(13)12(15-2)6-9(8)11;1-2/h4-7H,3H2,1-2H3;1-2H3. The Bertz CT molecular complexity index is 497. The third-order valence-electron chi connectivity index (χ3n) is 2.49. The van der Waals surface area contributed by atoms with E-state index in [1.54, 1.807) is 7.11 Å². The molecule has 0 aliphatic heterocycles. The summed E-state index contributed by atoms with van der Waals surface area (Å²) in [5.41, 5.74) is 2.18. The van der Waals surface area contributed by atoms with Gasteiger partial charge in [0.1, 0.15) is 5.75 Å². The Morgan fingerprint density at radius 1 is 1.29 bits per heavy atom. The van der Waals surface area contributed by atoms with Gasteiger partial charge in [-0.3, -0.25) is 4.98 Å². The van der Waals surface area contributed by atoms with Crippen molar-refractivity contribution in [2.45, 2.75) is 27.2 Å². The number of ether oxygens (including phenoxy) is 1. The van der Waals surface area contributed by atoms with Crippen molar-refractivity contribution in [3.63, 3.8) is 0 Å². The van der Waals surface area contributed by atoms with Crippen LogP contribution in [-0.4, -0.2) is 12.1 Å². The van der Waals surface area contributed by atoms with Crippen molar-refractivity contribution in [1.82, 2.24) is 4.98 Å². The third kappa shape index (κ3) is 2.89. The summed E-state index contributed by atoms with van der Waals surface area (Å²) in [6, 6.07) is 5.81. The highest BCUT2D eigenvalue weighted by molar-refractivity contribution is 6.32. The summed E-state index contributed by atoms with van der Waals surface area (Å²) in [5.74, 6) is 0.701. The van der Waals surface area contributed by atoms with Crippen LogP contribution in [0.15, 0.2) is 24.4 Å². The summed E-state index contributed by atoms with van der Waals surface area (Å²) in [5, 5.41) is 1.71. The van der Waals surface area contributed by atoms with Crippen LogP contribution in [0.25, 0.3) is 10.9 Å². The lowest BCUT2D eigenvalue weighted by Crippen LogP contribution is -1.90. The molecule has 0 radical (unpaired) electrons. The number of pyridine rings is 1. The van der Waals surface area contributed by atoms with E-state index in [1.165, 1.54) is 5.56 Å². The molecule has 2 nitrogen and oxygen atoms in total. The summed E-state index contributed by atoms with van der Waals surface area (Å²) >= 11 is 6.03. The van der Waals surface area contributed by atoms with Crippen LogP contribution in [-0.2, 0) is 6.42 Å². The van der Waals surface area contributed by atoms with E-state index in [0.717, 1.165) is 17.3 Å². The molecule has 0 saturated carbocycles. The summed E-state index contributed by atoms with van der Waals surface area (Å²) in [6.07, 6.45) is 2.79. The van der Waals surface area contributed by atoms with E-state index >= 15 is 0 Å². The van der Waals surface area contributed by atoms with Crippen molar-refractivity contribution in [1.29, 1.82) is 0 Å². The summed E-state index contributed by atoms with van der Waals surface area (Å²) in [4.78, 5) is 4.29. The molecule has 0 saturated heterocycles. The van der Waals surface area contributed by atoms with Crippen LogP contribution < -0.4 is 4.74 Å². The second kappa shape index (κ2) is 6.45. The van der Waals surface area contributed by atoms with Crippen molar-refractivity contribution >= 4 is 22.5 Å². The fraction of sp³-hybridized carbons (Fsp3) is 0.357. The number of halogens is 1. The maximum Gasteiger partial charge on any atom is 0.138 e. The van der Waals surface area contributed by atoms with Crippen LogP contribution in [0.2, 0.25) is 5.02 Å². The number of nitrogens with zero attached hydrogens (tertiary/aromatic N) is 1. The largest absolute Gasteiger partial charge is 0.495 e. The topological polar surface area (TPSA) is 22.1 Å². The molecule has 3 heteroatoms. The molecule has 1 aromatic heterocycles. The van der Waals surface area contributed by atoms with Crippen LogP contribution in [0.1, 0.15) is 26.3 Å². The molecule has 2 aromatic rings. The number of hydrogen-bond donors (Lipinski definition) is 0. The fourth-order valence-electron chi connectivity index (χ4n) is 1.67. The van der Waals surface area contributed by atoms with Gasteiger partial charge in [-0.25, -0.2) is 0 Å². The Morgan fingerprint density at radius 2 is 2.00 bits per heavy atom. The normalized spacial score (nSPS) is 9.71. The highest BCUT2D eigenvalue weighted by Crippen LogP contribution is 2.30. The lowest BCUT2D eigenvalue weighted by molar-refractivity contribution is 0.415. The molecule has 1 heterocycles. The van der Waals surface area contributed by atoms with E-state index < -0.39 is 0 Å². The van der Waals surface area contributed by atoms with E-state index in [4.69, 9.17) is 16.3 Å². The molecule has 92 valence electrons. The van der Waals surface area contributed by atoms with E-state index in [0.29, 0.717) is 10.8 Å². The van der Waals surface area contributed by atoms with Gasteiger partial charge < -0.3 is 4.74 Å². The van der Waals surface area contributed by atoms with Crippen LogP contribution in [0.3, 0.4) is 0 Å². The van der Waals surface area contributed by atoms with E-state index in [2.05, 4.69) is 11.9 Å². The Kier molecular flexibility index (Phi) is 5.23. The van der Waals surface area contributed by atoms with E-state index in [1.807, 2.05) is 38.2 Å². The molecular weight excluding hydrogens is 234 g/mol. The van der Waals surface area contributed by atoms with Gasteiger partial charge in [0, 0.05) is 11.6 Å². The second-order valence-electron chi connectivity index (χ2n) is 3.33. The van der Waals surface area contributed by atoms with E-state index in [9.17, 15) is 0 Å². The van der Waals surface area contributed by atoms with Gasteiger partial charge in [-0.15, -0.1) is 0 Å². The molecule has 0 atom stereocenters. The SMILES string of the molecule is CC.CCc1ccnc2cc(Cl)c(OC)cc12. The molecule has 1 aromatic carbocycles. The molecule has 0 unspecified atom stereocenters. The van der Waals surface area contributed by atoms with Crippen LogP contribution in [0, 0.1) is 0 Å². The molecule has 0 aliphatic carbocycles. The maximum atomic E-state index is 6.03. The molecule has 0 amide bonds. The highest BCUT2D eigenvalue weighted by Gasteiger charge is 2.06. The van der Waals surface area contributed by atoms with Gasteiger partial charge in [0.25, 0.3) is 0 Å². The predicted molar refractivity (Wildman–Crippen MR) is 74.0 cm³/mol. The van der Waals surface area contributed by atoms with Gasteiger partial charge in [0.2, 0.25) is 0 Å². The van der Waals surface area contributed by atoms with Gasteiger partial charge in [-0.05, 0) is 30.2 Å². The smallest absolute Gasteiger partial charge is 0.138 e. The number of benzene rings is 1. The van der Waals surface area contributed by atoms with Gasteiger partial charge >= 0.3 is 0 Å².